The summed E-state index contributed by atoms with van der Waals surface area (Å²) in [4.78, 5) is 23.2. The monoisotopic (exact) mass is 528 g/mol. The summed E-state index contributed by atoms with van der Waals surface area (Å²) in [5, 5.41) is 0.635. The Morgan fingerprint density at radius 1 is 1.06 bits per heavy atom. The lowest BCUT2D eigenvalue weighted by Gasteiger charge is -2.30. The number of amides is 1. The molecule has 4 rings (SSSR count). The van der Waals surface area contributed by atoms with E-state index in [4.69, 9.17) is 4.98 Å². The molecule has 1 amide bonds. The summed E-state index contributed by atoms with van der Waals surface area (Å²) in [6.07, 6.45) is 1.16. The molecule has 0 aliphatic carbocycles. The zero-order chi connectivity index (χ0) is 26.0. The van der Waals surface area contributed by atoms with Crippen molar-refractivity contribution in [2.75, 3.05) is 37.6 Å². The lowest BCUT2D eigenvalue weighted by Crippen LogP contribution is -2.49. The van der Waals surface area contributed by atoms with Gasteiger partial charge in [-0.05, 0) is 76.0 Å². The summed E-state index contributed by atoms with van der Waals surface area (Å²) in [6.45, 7) is 13.5. The topological polar surface area (TPSA) is 73.8 Å². The smallest absolute Gasteiger partial charge is 0.247 e. The minimum absolute atomic E-state index is 0.191. The molecule has 1 unspecified atom stereocenters. The molecule has 0 saturated carbocycles. The van der Waals surface area contributed by atoms with Crippen LogP contribution in [0.25, 0.3) is 10.2 Å². The second-order valence-electron chi connectivity index (χ2n) is 9.45. The molecule has 0 spiro atoms. The fraction of sp³-hybridized carbons (Fsp3) is 0.481. The second kappa shape index (κ2) is 11.0. The van der Waals surface area contributed by atoms with Crippen LogP contribution in [0.4, 0.5) is 5.13 Å². The Kier molecular flexibility index (Phi) is 8.14. The van der Waals surface area contributed by atoms with E-state index in [2.05, 4.69) is 44.7 Å². The third-order valence-electron chi connectivity index (χ3n) is 7.22. The average molecular weight is 529 g/mol. The van der Waals surface area contributed by atoms with Gasteiger partial charge in [0, 0.05) is 19.6 Å². The molecule has 7 nitrogen and oxygen atoms in total. The van der Waals surface area contributed by atoms with Crippen LogP contribution in [0.3, 0.4) is 0 Å². The highest BCUT2D eigenvalue weighted by Crippen LogP contribution is 2.34. The summed E-state index contributed by atoms with van der Waals surface area (Å²) >= 11 is 1.50. The molecule has 2 heterocycles. The van der Waals surface area contributed by atoms with Gasteiger partial charge in [0.25, 0.3) is 0 Å². The Labute approximate surface area is 218 Å². The van der Waals surface area contributed by atoms with Crippen LogP contribution in [-0.2, 0) is 14.8 Å². The maximum atomic E-state index is 14.1. The van der Waals surface area contributed by atoms with Gasteiger partial charge in [0.2, 0.25) is 15.9 Å². The van der Waals surface area contributed by atoms with Crippen molar-refractivity contribution in [3.63, 3.8) is 0 Å². The molecule has 194 valence electrons. The zero-order valence-electron chi connectivity index (χ0n) is 21.8. The number of fused-ring (bicyclic) bond motifs is 1. The first-order chi connectivity index (χ1) is 17.2. The molecule has 2 aromatic carbocycles. The van der Waals surface area contributed by atoms with Crippen molar-refractivity contribution < 1.29 is 13.2 Å². The summed E-state index contributed by atoms with van der Waals surface area (Å²) in [7, 11) is -3.78. The molecule has 0 radical (unpaired) electrons. The van der Waals surface area contributed by atoms with Crippen LogP contribution in [0.5, 0.6) is 0 Å². The molecule has 1 atom stereocenters. The van der Waals surface area contributed by atoms with Crippen molar-refractivity contribution in [3.8, 4) is 0 Å². The van der Waals surface area contributed by atoms with Gasteiger partial charge in [-0.15, -0.1) is 0 Å². The molecule has 0 bridgehead atoms. The molecule has 1 aliphatic rings. The lowest BCUT2D eigenvalue weighted by molar-refractivity contribution is -0.121. The normalized spacial score (nSPS) is 16.8. The predicted molar refractivity (Wildman–Crippen MR) is 147 cm³/mol. The van der Waals surface area contributed by atoms with Crippen LogP contribution in [-0.4, -0.2) is 67.3 Å². The quantitative estimate of drug-likeness (QED) is 0.401. The Morgan fingerprint density at radius 3 is 2.42 bits per heavy atom. The number of aromatic nitrogens is 1. The highest BCUT2D eigenvalue weighted by atomic mass is 32.2. The van der Waals surface area contributed by atoms with Crippen molar-refractivity contribution in [3.05, 3.63) is 53.1 Å². The number of benzene rings is 2. The summed E-state index contributed by atoms with van der Waals surface area (Å²) in [6, 6.07) is 10.2. The summed E-state index contributed by atoms with van der Waals surface area (Å²) < 4.78 is 29.5. The molecule has 1 saturated heterocycles. The number of anilines is 1. The van der Waals surface area contributed by atoms with Gasteiger partial charge in [-0.25, -0.2) is 13.4 Å². The minimum Gasteiger partial charge on any atom is -0.302 e. The standard InChI is InChI=1S/C27H36N4O3S2/c1-6-29(7-2)17-18-30(27-28-25-21(5)20(4)12-15-24(25)35-27)26(32)23-9-8-16-31(23)36(33,34)22-13-10-19(3)11-14-22/h10-15,23H,6-9,16-18H2,1-5H3. The largest absolute Gasteiger partial charge is 0.302 e. The predicted octanol–water partition coefficient (Wildman–Crippen LogP) is 4.75. The Bertz CT molecular complexity index is 1330. The summed E-state index contributed by atoms with van der Waals surface area (Å²) in [5.41, 5.74) is 4.17. The van der Waals surface area contributed by atoms with E-state index >= 15 is 0 Å². The Balaban J connectivity index is 1.70. The molecule has 1 aromatic heterocycles. The molecule has 1 fully saturated rings. The van der Waals surface area contributed by atoms with Gasteiger partial charge in [0.15, 0.2) is 5.13 Å². The lowest BCUT2D eigenvalue weighted by atomic mass is 10.1. The van der Waals surface area contributed by atoms with E-state index in [9.17, 15) is 13.2 Å². The van der Waals surface area contributed by atoms with Gasteiger partial charge in [-0.2, -0.15) is 4.31 Å². The zero-order valence-corrected chi connectivity index (χ0v) is 23.5. The van der Waals surface area contributed by atoms with Gasteiger partial charge in [-0.1, -0.05) is 48.9 Å². The average Bonchev–Trinajstić information content (AvgIpc) is 3.53. The molecule has 3 aromatic rings. The molecule has 36 heavy (non-hydrogen) atoms. The van der Waals surface area contributed by atoms with Crippen molar-refractivity contribution in [2.45, 2.75) is 58.4 Å². The number of hydrogen-bond acceptors (Lipinski definition) is 6. The first kappa shape index (κ1) is 26.7. The number of carbonyl (C=O) groups is 1. The number of rotatable bonds is 9. The third-order valence-corrected chi connectivity index (χ3v) is 10.2. The number of aryl methyl sites for hydroxylation is 3. The molecule has 0 N–H and O–H groups in total. The highest BCUT2D eigenvalue weighted by Gasteiger charge is 2.42. The number of thiazole rings is 1. The van der Waals surface area contributed by atoms with Gasteiger partial charge < -0.3 is 4.90 Å². The first-order valence-corrected chi connectivity index (χ1v) is 14.9. The fourth-order valence-corrected chi connectivity index (χ4v) is 7.42. The van der Waals surface area contributed by atoms with Gasteiger partial charge in [-0.3, -0.25) is 9.69 Å². The maximum Gasteiger partial charge on any atom is 0.247 e. The van der Waals surface area contributed by atoms with Crippen LogP contribution in [0.2, 0.25) is 0 Å². The molecule has 9 heteroatoms. The fourth-order valence-electron chi connectivity index (χ4n) is 4.71. The first-order valence-electron chi connectivity index (χ1n) is 12.7. The number of nitrogens with zero attached hydrogens (tertiary/aromatic N) is 4. The van der Waals surface area contributed by atoms with Gasteiger partial charge in [0.1, 0.15) is 6.04 Å². The number of hydrogen-bond donors (Lipinski definition) is 0. The van der Waals surface area contributed by atoms with E-state index in [1.54, 1.807) is 29.2 Å². The van der Waals surface area contributed by atoms with E-state index in [1.165, 1.54) is 15.6 Å². The van der Waals surface area contributed by atoms with E-state index in [1.807, 2.05) is 6.92 Å². The minimum atomic E-state index is -3.78. The SMILES string of the molecule is CCN(CC)CCN(C(=O)C1CCCN1S(=O)(=O)c1ccc(C)cc1)c1nc2c(C)c(C)ccc2s1. The van der Waals surface area contributed by atoms with E-state index in [0.29, 0.717) is 37.6 Å². The number of sulfonamides is 1. The van der Waals surface area contributed by atoms with Crippen LogP contribution in [0.1, 0.15) is 43.4 Å². The van der Waals surface area contributed by atoms with E-state index in [-0.39, 0.29) is 10.8 Å². The van der Waals surface area contributed by atoms with Crippen LogP contribution < -0.4 is 4.90 Å². The van der Waals surface area contributed by atoms with Crippen LogP contribution >= 0.6 is 11.3 Å². The Morgan fingerprint density at radius 2 is 1.75 bits per heavy atom. The molecular weight excluding hydrogens is 492 g/mol. The third kappa shape index (κ3) is 5.20. The molecular formula is C27H36N4O3S2. The number of carbonyl (C=O) groups excluding carboxylic acids is 1. The van der Waals surface area contributed by atoms with Crippen molar-refractivity contribution in [1.29, 1.82) is 0 Å². The Hall–Kier alpha value is -2.33. The van der Waals surface area contributed by atoms with Crippen molar-refractivity contribution >= 4 is 42.6 Å². The summed E-state index contributed by atoms with van der Waals surface area (Å²) in [5.74, 6) is -0.191. The maximum absolute atomic E-state index is 14.1. The molecule has 1 aliphatic heterocycles. The highest BCUT2D eigenvalue weighted by molar-refractivity contribution is 7.89. The van der Waals surface area contributed by atoms with Gasteiger partial charge >= 0.3 is 0 Å². The van der Waals surface area contributed by atoms with Gasteiger partial charge in [0.05, 0.1) is 15.1 Å². The van der Waals surface area contributed by atoms with Crippen LogP contribution in [0, 0.1) is 20.8 Å². The second-order valence-corrected chi connectivity index (χ2v) is 12.4. The van der Waals surface area contributed by atoms with Crippen molar-refractivity contribution in [1.82, 2.24) is 14.2 Å². The van der Waals surface area contributed by atoms with E-state index in [0.717, 1.165) is 40.0 Å². The number of likely N-dealkylation sites (N-methyl/N-ethyl adjacent to an activating group) is 1. The van der Waals surface area contributed by atoms with Crippen molar-refractivity contribution in [2.24, 2.45) is 0 Å². The van der Waals surface area contributed by atoms with E-state index < -0.39 is 16.1 Å². The van der Waals surface area contributed by atoms with Crippen LogP contribution in [0.15, 0.2) is 41.3 Å².